The molecular formula is C19H14N4O4S2. The van der Waals surface area contributed by atoms with Gasteiger partial charge < -0.3 is 4.52 Å². The zero-order chi connectivity index (χ0) is 20.4. The fourth-order valence-electron chi connectivity index (χ4n) is 2.52. The monoisotopic (exact) mass is 426 g/mol. The van der Waals surface area contributed by atoms with Gasteiger partial charge in [0.05, 0.1) is 4.90 Å². The fraction of sp³-hybridized carbons (Fsp3) is 0.0526. The summed E-state index contributed by atoms with van der Waals surface area (Å²) in [5.41, 5.74) is 1.58. The maximum atomic E-state index is 12.4. The van der Waals surface area contributed by atoms with Crippen molar-refractivity contribution in [1.29, 1.82) is 0 Å². The van der Waals surface area contributed by atoms with E-state index in [1.807, 2.05) is 30.3 Å². The van der Waals surface area contributed by atoms with E-state index in [4.69, 9.17) is 4.52 Å². The lowest BCUT2D eigenvalue weighted by Crippen LogP contribution is -2.11. The molecule has 0 aliphatic rings. The molecule has 0 bridgehead atoms. The quantitative estimate of drug-likeness (QED) is 0.519. The molecule has 10 heteroatoms. The van der Waals surface area contributed by atoms with Crippen LogP contribution >= 0.6 is 11.5 Å². The third-order valence-corrected chi connectivity index (χ3v) is 5.75. The number of anilines is 1. The molecule has 0 fully saturated rings. The number of hydrogen-bond acceptors (Lipinski definition) is 8. The molecular weight excluding hydrogens is 412 g/mol. The molecule has 1 N–H and O–H groups in total. The van der Waals surface area contributed by atoms with Crippen LogP contribution in [0.25, 0.3) is 22.7 Å². The molecule has 0 unspecified atom stereocenters. The molecule has 0 saturated heterocycles. The van der Waals surface area contributed by atoms with Crippen molar-refractivity contribution in [3.05, 3.63) is 66.4 Å². The first-order chi connectivity index (χ1) is 13.9. The molecule has 29 heavy (non-hydrogen) atoms. The van der Waals surface area contributed by atoms with Crippen molar-refractivity contribution in [1.82, 2.24) is 14.5 Å². The lowest BCUT2D eigenvalue weighted by Gasteiger charge is -1.99. The average molecular weight is 426 g/mol. The highest BCUT2D eigenvalue weighted by Gasteiger charge is 2.16. The van der Waals surface area contributed by atoms with E-state index in [9.17, 15) is 13.2 Å². The van der Waals surface area contributed by atoms with Crippen LogP contribution in [0.1, 0.15) is 10.5 Å². The average Bonchev–Trinajstić information content (AvgIpc) is 3.38. The Labute approximate surface area is 170 Å². The van der Waals surface area contributed by atoms with E-state index in [1.54, 1.807) is 18.2 Å². The van der Waals surface area contributed by atoms with Crippen molar-refractivity contribution < 1.29 is 17.7 Å². The number of benzene rings is 2. The van der Waals surface area contributed by atoms with Gasteiger partial charge in [-0.25, -0.2) is 8.42 Å². The topological polar surface area (TPSA) is 115 Å². The minimum Gasteiger partial charge on any atom is -0.355 e. The van der Waals surface area contributed by atoms with Gasteiger partial charge in [-0.1, -0.05) is 35.5 Å². The van der Waals surface area contributed by atoms with E-state index < -0.39 is 15.7 Å². The van der Waals surface area contributed by atoms with Gasteiger partial charge in [0, 0.05) is 35.0 Å². The Kier molecular flexibility index (Phi) is 4.95. The van der Waals surface area contributed by atoms with Crippen molar-refractivity contribution in [2.45, 2.75) is 4.90 Å². The second kappa shape index (κ2) is 7.57. The van der Waals surface area contributed by atoms with Crippen LogP contribution in [0.2, 0.25) is 0 Å². The Hall–Kier alpha value is -3.37. The van der Waals surface area contributed by atoms with Gasteiger partial charge >= 0.3 is 0 Å². The number of nitrogens with zero attached hydrogens (tertiary/aromatic N) is 3. The van der Waals surface area contributed by atoms with Gasteiger partial charge in [0.25, 0.3) is 5.91 Å². The molecule has 0 saturated carbocycles. The van der Waals surface area contributed by atoms with Crippen molar-refractivity contribution >= 4 is 32.4 Å². The smallest absolute Gasteiger partial charge is 0.279 e. The first-order valence-corrected chi connectivity index (χ1v) is 11.0. The zero-order valence-electron chi connectivity index (χ0n) is 15.1. The van der Waals surface area contributed by atoms with Crippen LogP contribution in [0.15, 0.2) is 70.1 Å². The molecule has 8 nitrogen and oxygen atoms in total. The molecule has 146 valence electrons. The summed E-state index contributed by atoms with van der Waals surface area (Å²) < 4.78 is 32.5. The summed E-state index contributed by atoms with van der Waals surface area (Å²) in [7, 11) is -3.27. The molecule has 4 rings (SSSR count). The number of carbonyl (C=O) groups is 1. The highest BCUT2D eigenvalue weighted by molar-refractivity contribution is 7.90. The van der Waals surface area contributed by atoms with E-state index in [-0.39, 0.29) is 10.6 Å². The minimum atomic E-state index is -3.27. The van der Waals surface area contributed by atoms with Gasteiger partial charge in [0.2, 0.25) is 5.13 Å². The van der Waals surface area contributed by atoms with Crippen molar-refractivity contribution in [3.8, 4) is 22.7 Å². The third kappa shape index (κ3) is 4.23. The first kappa shape index (κ1) is 19.0. The fourth-order valence-corrected chi connectivity index (χ4v) is 3.74. The van der Waals surface area contributed by atoms with Gasteiger partial charge in [-0.2, -0.15) is 9.36 Å². The van der Waals surface area contributed by atoms with Gasteiger partial charge in [0.15, 0.2) is 27.1 Å². The van der Waals surface area contributed by atoms with Crippen LogP contribution in [-0.2, 0) is 9.84 Å². The predicted molar refractivity (Wildman–Crippen MR) is 108 cm³/mol. The molecule has 2 aromatic carbocycles. The highest BCUT2D eigenvalue weighted by Crippen LogP contribution is 2.24. The van der Waals surface area contributed by atoms with Gasteiger partial charge in [-0.3, -0.25) is 10.1 Å². The molecule has 0 aliphatic heterocycles. The summed E-state index contributed by atoms with van der Waals surface area (Å²) in [6, 6.07) is 17.1. The molecule has 0 atom stereocenters. The number of nitrogens with one attached hydrogen (secondary N) is 1. The maximum absolute atomic E-state index is 12.4. The first-order valence-electron chi connectivity index (χ1n) is 8.38. The van der Waals surface area contributed by atoms with Crippen molar-refractivity contribution in [2.75, 3.05) is 11.6 Å². The Balaban J connectivity index is 1.48. The Bertz CT molecular complexity index is 1260. The summed E-state index contributed by atoms with van der Waals surface area (Å²) in [6.07, 6.45) is 1.14. The Morgan fingerprint density at radius 2 is 1.76 bits per heavy atom. The van der Waals surface area contributed by atoms with Crippen LogP contribution in [0.5, 0.6) is 0 Å². The molecule has 0 spiro atoms. The molecule has 2 heterocycles. The molecule has 2 aromatic heterocycles. The minimum absolute atomic E-state index is 0.123. The molecule has 0 aliphatic carbocycles. The van der Waals surface area contributed by atoms with Crippen molar-refractivity contribution in [2.24, 2.45) is 0 Å². The number of carbonyl (C=O) groups excluding carboxylic acids is 1. The number of sulfone groups is 1. The predicted octanol–water partition coefficient (Wildman–Crippen LogP) is 3.52. The van der Waals surface area contributed by atoms with Crippen LogP contribution in [-0.4, -0.2) is 35.1 Å². The van der Waals surface area contributed by atoms with E-state index in [1.165, 1.54) is 12.1 Å². The second-order valence-corrected chi connectivity index (χ2v) is 8.88. The van der Waals surface area contributed by atoms with Gasteiger partial charge in [-0.15, -0.1) is 0 Å². The normalized spacial score (nSPS) is 11.3. The highest BCUT2D eigenvalue weighted by atomic mass is 32.2. The number of amides is 1. The summed E-state index contributed by atoms with van der Waals surface area (Å²) in [5, 5.41) is 6.73. The van der Waals surface area contributed by atoms with E-state index in [0.29, 0.717) is 22.3 Å². The molecule has 0 radical (unpaired) electrons. The van der Waals surface area contributed by atoms with Crippen LogP contribution < -0.4 is 5.32 Å². The second-order valence-electron chi connectivity index (χ2n) is 6.12. The largest absolute Gasteiger partial charge is 0.355 e. The van der Waals surface area contributed by atoms with Crippen molar-refractivity contribution in [3.63, 3.8) is 0 Å². The maximum Gasteiger partial charge on any atom is 0.279 e. The number of aromatic nitrogens is 3. The molecule has 1 amide bonds. The van der Waals surface area contributed by atoms with Crippen LogP contribution in [0.3, 0.4) is 0 Å². The van der Waals surface area contributed by atoms with Crippen LogP contribution in [0.4, 0.5) is 5.13 Å². The van der Waals surface area contributed by atoms with E-state index >= 15 is 0 Å². The van der Waals surface area contributed by atoms with E-state index in [0.717, 1.165) is 23.4 Å². The summed E-state index contributed by atoms with van der Waals surface area (Å²) in [6.45, 7) is 0. The summed E-state index contributed by atoms with van der Waals surface area (Å²) in [5.74, 6) is 0.404. The van der Waals surface area contributed by atoms with E-state index in [2.05, 4.69) is 19.8 Å². The van der Waals surface area contributed by atoms with Gasteiger partial charge in [0.1, 0.15) is 0 Å². The van der Waals surface area contributed by atoms with Gasteiger partial charge in [-0.05, 0) is 24.3 Å². The molecule has 4 aromatic rings. The Morgan fingerprint density at radius 1 is 1.03 bits per heavy atom. The standard InChI is InChI=1S/C19H14N4O4S2/c1-29(25,26)14-9-7-13(8-10-14)17-20-19(28-23-17)21-18(24)15-11-16(27-22-15)12-5-3-2-4-6-12/h2-11H,1H3,(H,20,21,23,24). The third-order valence-electron chi connectivity index (χ3n) is 3.99. The number of hydrogen-bond donors (Lipinski definition) is 1. The lowest BCUT2D eigenvalue weighted by molar-refractivity contribution is 0.101. The zero-order valence-corrected chi connectivity index (χ0v) is 16.7. The SMILES string of the molecule is CS(=O)(=O)c1ccc(-c2nsc(NC(=O)c3cc(-c4ccccc4)on3)n2)cc1. The number of rotatable bonds is 5. The summed E-state index contributed by atoms with van der Waals surface area (Å²) in [4.78, 5) is 16.9. The summed E-state index contributed by atoms with van der Waals surface area (Å²) >= 11 is 1.01. The van der Waals surface area contributed by atoms with Crippen LogP contribution in [0, 0.1) is 0 Å². The Morgan fingerprint density at radius 3 is 2.45 bits per heavy atom. The lowest BCUT2D eigenvalue weighted by atomic mass is 10.1.